The minimum Gasteiger partial charge on any atom is -0.368 e. The summed E-state index contributed by atoms with van der Waals surface area (Å²) < 4.78 is 28.3. The zero-order valence-corrected chi connectivity index (χ0v) is 15.8. The fourth-order valence-corrected chi connectivity index (χ4v) is 3.85. The van der Waals surface area contributed by atoms with Gasteiger partial charge in [-0.1, -0.05) is 15.9 Å². The van der Waals surface area contributed by atoms with Gasteiger partial charge in [0.15, 0.2) is 0 Å². The maximum absolute atomic E-state index is 12.8. The number of halogens is 2. The van der Waals surface area contributed by atoms with Crippen molar-refractivity contribution in [3.8, 4) is 0 Å². The van der Waals surface area contributed by atoms with E-state index >= 15 is 0 Å². The van der Waals surface area contributed by atoms with Crippen molar-refractivity contribution in [3.05, 3.63) is 56.6 Å². The number of hydrogen-bond donors (Lipinski definition) is 1. The predicted octanol–water partition coefficient (Wildman–Crippen LogP) is 2.73. The summed E-state index contributed by atoms with van der Waals surface area (Å²) in [5.74, 6) is -0.723. The lowest BCUT2D eigenvalue weighted by Gasteiger charge is -2.23. The van der Waals surface area contributed by atoms with Crippen LogP contribution in [-0.4, -0.2) is 20.9 Å². The van der Waals surface area contributed by atoms with Gasteiger partial charge in [0.25, 0.3) is 10.0 Å². The number of carbonyl (C=O) groups excluding carboxylic acids is 1. The number of nitrogens with two attached hydrogens (primary N) is 1. The van der Waals surface area contributed by atoms with Crippen molar-refractivity contribution in [2.75, 3.05) is 10.8 Å². The number of sulfonamides is 1. The molecule has 0 saturated carbocycles. The maximum Gasteiger partial charge on any atom is 0.264 e. The Bertz CT molecular complexity index is 777. The molecule has 0 atom stereocenters. The maximum atomic E-state index is 12.8. The second-order valence-electron chi connectivity index (χ2n) is 4.41. The van der Waals surface area contributed by atoms with Gasteiger partial charge >= 0.3 is 0 Å². The van der Waals surface area contributed by atoms with Crippen LogP contribution in [0.25, 0.3) is 0 Å². The summed E-state index contributed by atoms with van der Waals surface area (Å²) in [5, 5.41) is 0. The first-order valence-corrected chi connectivity index (χ1v) is 9.44. The zero-order chi connectivity index (χ0) is 16.3. The SMILES string of the molecule is NC(=O)CN(c1ccc(I)cc1)S(=O)(=O)c1ccc(Br)cc1. The lowest BCUT2D eigenvalue weighted by atomic mass is 10.3. The predicted molar refractivity (Wildman–Crippen MR) is 97.0 cm³/mol. The first-order chi connectivity index (χ1) is 10.3. The Hall–Kier alpha value is -1.13. The van der Waals surface area contributed by atoms with Gasteiger partial charge in [-0.2, -0.15) is 0 Å². The summed E-state index contributed by atoms with van der Waals surface area (Å²) >= 11 is 5.38. The highest BCUT2D eigenvalue weighted by molar-refractivity contribution is 14.1. The molecule has 5 nitrogen and oxygen atoms in total. The smallest absolute Gasteiger partial charge is 0.264 e. The molecular weight excluding hydrogens is 483 g/mol. The average molecular weight is 495 g/mol. The molecule has 0 unspecified atom stereocenters. The molecule has 0 heterocycles. The minimum atomic E-state index is -3.87. The monoisotopic (exact) mass is 494 g/mol. The van der Waals surface area contributed by atoms with Crippen molar-refractivity contribution in [2.24, 2.45) is 5.73 Å². The summed E-state index contributed by atoms with van der Waals surface area (Å²) in [7, 11) is -3.87. The van der Waals surface area contributed by atoms with Crippen LogP contribution in [-0.2, 0) is 14.8 Å². The third-order valence-corrected chi connectivity index (χ3v) is 5.85. The van der Waals surface area contributed by atoms with E-state index in [4.69, 9.17) is 5.73 Å². The highest BCUT2D eigenvalue weighted by atomic mass is 127. The normalized spacial score (nSPS) is 11.2. The van der Waals surface area contributed by atoms with Crippen LogP contribution < -0.4 is 10.0 Å². The molecule has 8 heteroatoms. The molecule has 0 bridgehead atoms. The van der Waals surface area contributed by atoms with Crippen LogP contribution in [0.2, 0.25) is 0 Å². The molecule has 0 aliphatic carbocycles. The molecule has 116 valence electrons. The van der Waals surface area contributed by atoms with E-state index in [0.717, 1.165) is 12.3 Å². The number of primary amides is 1. The Morgan fingerprint density at radius 3 is 2.14 bits per heavy atom. The Labute approximate surface area is 150 Å². The van der Waals surface area contributed by atoms with Crippen LogP contribution in [0, 0.1) is 3.57 Å². The van der Waals surface area contributed by atoms with Crippen molar-refractivity contribution in [1.82, 2.24) is 0 Å². The molecule has 0 aromatic heterocycles. The highest BCUT2D eigenvalue weighted by Gasteiger charge is 2.26. The number of rotatable bonds is 5. The molecule has 0 spiro atoms. The number of carbonyl (C=O) groups is 1. The lowest BCUT2D eigenvalue weighted by molar-refractivity contribution is -0.116. The molecular formula is C14H12BrIN2O3S. The van der Waals surface area contributed by atoms with Gasteiger partial charge < -0.3 is 5.73 Å². The second-order valence-corrected chi connectivity index (χ2v) is 8.43. The van der Waals surface area contributed by atoms with Crippen molar-refractivity contribution < 1.29 is 13.2 Å². The largest absolute Gasteiger partial charge is 0.368 e. The molecule has 2 aromatic carbocycles. The van der Waals surface area contributed by atoms with E-state index in [0.29, 0.717) is 5.69 Å². The third kappa shape index (κ3) is 3.99. The van der Waals surface area contributed by atoms with Gasteiger partial charge in [-0.15, -0.1) is 0 Å². The fraction of sp³-hybridized carbons (Fsp3) is 0.0714. The van der Waals surface area contributed by atoms with Gasteiger partial charge in [0.2, 0.25) is 5.91 Å². The van der Waals surface area contributed by atoms with Gasteiger partial charge in [-0.3, -0.25) is 9.10 Å². The van der Waals surface area contributed by atoms with E-state index in [9.17, 15) is 13.2 Å². The van der Waals surface area contributed by atoms with Crippen LogP contribution in [0.1, 0.15) is 0 Å². The van der Waals surface area contributed by atoms with E-state index in [1.165, 1.54) is 12.1 Å². The molecule has 2 rings (SSSR count). The van der Waals surface area contributed by atoms with Gasteiger partial charge in [0.1, 0.15) is 6.54 Å². The summed E-state index contributed by atoms with van der Waals surface area (Å²) in [6.07, 6.45) is 0. The van der Waals surface area contributed by atoms with Crippen LogP contribution in [0.4, 0.5) is 5.69 Å². The van der Waals surface area contributed by atoms with Crippen molar-refractivity contribution >= 4 is 60.1 Å². The molecule has 0 aliphatic heterocycles. The van der Waals surface area contributed by atoms with E-state index in [2.05, 4.69) is 38.5 Å². The summed E-state index contributed by atoms with van der Waals surface area (Å²) in [6, 6.07) is 13.0. The molecule has 2 aromatic rings. The van der Waals surface area contributed by atoms with Gasteiger partial charge in [-0.05, 0) is 71.1 Å². The molecule has 1 amide bonds. The highest BCUT2D eigenvalue weighted by Crippen LogP contribution is 2.25. The average Bonchev–Trinajstić information content (AvgIpc) is 2.46. The lowest BCUT2D eigenvalue weighted by Crippen LogP contribution is -2.38. The second kappa shape index (κ2) is 6.97. The Morgan fingerprint density at radius 2 is 1.64 bits per heavy atom. The summed E-state index contributed by atoms with van der Waals surface area (Å²) in [6.45, 7) is -0.418. The van der Waals surface area contributed by atoms with Crippen LogP contribution >= 0.6 is 38.5 Å². The number of anilines is 1. The van der Waals surface area contributed by atoms with E-state index in [-0.39, 0.29) is 4.90 Å². The van der Waals surface area contributed by atoms with Gasteiger partial charge in [0, 0.05) is 8.04 Å². The van der Waals surface area contributed by atoms with E-state index < -0.39 is 22.5 Å². The molecule has 2 N–H and O–H groups in total. The molecule has 0 aliphatic rings. The Morgan fingerprint density at radius 1 is 1.09 bits per heavy atom. The topological polar surface area (TPSA) is 80.5 Å². The third-order valence-electron chi connectivity index (χ3n) is 2.82. The van der Waals surface area contributed by atoms with E-state index in [1.54, 1.807) is 36.4 Å². The van der Waals surface area contributed by atoms with Crippen molar-refractivity contribution in [1.29, 1.82) is 0 Å². The molecule has 0 radical (unpaired) electrons. The Kier molecular flexibility index (Phi) is 5.45. The number of nitrogens with zero attached hydrogens (tertiary/aromatic N) is 1. The van der Waals surface area contributed by atoms with Gasteiger partial charge in [0.05, 0.1) is 10.6 Å². The quantitative estimate of drug-likeness (QED) is 0.649. The standard InChI is InChI=1S/C14H12BrIN2O3S/c15-10-1-7-13(8-2-10)22(20,21)18(9-14(17)19)12-5-3-11(16)4-6-12/h1-8H,9H2,(H2,17,19). The van der Waals surface area contributed by atoms with Crippen LogP contribution in [0.5, 0.6) is 0 Å². The van der Waals surface area contributed by atoms with E-state index in [1.807, 2.05) is 0 Å². The molecule has 0 fully saturated rings. The summed E-state index contributed by atoms with van der Waals surface area (Å²) in [4.78, 5) is 11.4. The minimum absolute atomic E-state index is 0.0931. The number of amides is 1. The number of hydrogen-bond acceptors (Lipinski definition) is 3. The number of benzene rings is 2. The van der Waals surface area contributed by atoms with Crippen molar-refractivity contribution in [2.45, 2.75) is 4.90 Å². The first kappa shape index (κ1) is 17.2. The molecule has 22 heavy (non-hydrogen) atoms. The van der Waals surface area contributed by atoms with Crippen LogP contribution in [0.15, 0.2) is 57.9 Å². The zero-order valence-electron chi connectivity index (χ0n) is 11.2. The summed E-state index contributed by atoms with van der Waals surface area (Å²) in [5.41, 5.74) is 5.60. The fourth-order valence-electron chi connectivity index (χ4n) is 1.80. The first-order valence-electron chi connectivity index (χ1n) is 6.13. The van der Waals surface area contributed by atoms with Crippen LogP contribution in [0.3, 0.4) is 0 Å². The molecule has 0 saturated heterocycles. The van der Waals surface area contributed by atoms with Crippen molar-refractivity contribution in [3.63, 3.8) is 0 Å². The Balaban J connectivity index is 2.50. The van der Waals surface area contributed by atoms with Gasteiger partial charge in [-0.25, -0.2) is 8.42 Å².